The molecule has 4 nitrogen and oxygen atoms in total. The highest BCUT2D eigenvalue weighted by atomic mass is 16.3. The Morgan fingerprint density at radius 2 is 1.95 bits per heavy atom. The Balaban J connectivity index is 2.53. The van der Waals surface area contributed by atoms with Gasteiger partial charge in [-0.25, -0.2) is 0 Å². The molecule has 1 heterocycles. The number of benzene rings is 1. The van der Waals surface area contributed by atoms with Crippen molar-refractivity contribution < 1.29 is 14.7 Å². The van der Waals surface area contributed by atoms with Gasteiger partial charge >= 0.3 is 0 Å². The van der Waals surface area contributed by atoms with Crippen molar-refractivity contribution in [3.05, 3.63) is 46.7 Å². The van der Waals surface area contributed by atoms with Gasteiger partial charge in [-0.05, 0) is 24.5 Å². The zero-order valence-electron chi connectivity index (χ0n) is 13.4. The van der Waals surface area contributed by atoms with Crippen LogP contribution in [0.5, 0.6) is 0 Å². The first kappa shape index (κ1) is 16.3. The van der Waals surface area contributed by atoms with Crippen LogP contribution in [0.3, 0.4) is 0 Å². The van der Waals surface area contributed by atoms with E-state index in [2.05, 4.69) is 6.92 Å². The number of carbonyl (C=O) groups excluding carboxylic acids is 2. The van der Waals surface area contributed by atoms with E-state index in [1.165, 1.54) is 0 Å². The second kappa shape index (κ2) is 6.77. The quantitative estimate of drug-likeness (QED) is 0.875. The number of hydrogen-bond donors (Lipinski definition) is 1. The third-order valence-corrected chi connectivity index (χ3v) is 4.16. The normalized spacial score (nSPS) is 18.2. The van der Waals surface area contributed by atoms with Gasteiger partial charge in [0.1, 0.15) is 0 Å². The lowest BCUT2D eigenvalue weighted by Gasteiger charge is -2.27. The molecule has 2 rings (SSSR count). The van der Waals surface area contributed by atoms with Gasteiger partial charge in [-0.1, -0.05) is 44.5 Å². The fourth-order valence-corrected chi connectivity index (χ4v) is 2.90. The average molecular weight is 301 g/mol. The van der Waals surface area contributed by atoms with E-state index in [1.807, 2.05) is 31.2 Å². The Morgan fingerprint density at radius 1 is 1.27 bits per heavy atom. The predicted molar refractivity (Wildman–Crippen MR) is 85.5 cm³/mol. The van der Waals surface area contributed by atoms with E-state index in [1.54, 1.807) is 11.8 Å². The molecule has 1 aliphatic rings. The van der Waals surface area contributed by atoms with Crippen LogP contribution < -0.4 is 0 Å². The first-order valence-electron chi connectivity index (χ1n) is 7.85. The van der Waals surface area contributed by atoms with E-state index in [0.29, 0.717) is 6.54 Å². The second-order valence-corrected chi connectivity index (χ2v) is 5.65. The molecule has 1 aromatic carbocycles. The summed E-state index contributed by atoms with van der Waals surface area (Å²) < 4.78 is 0. The molecule has 0 aromatic heterocycles. The third kappa shape index (κ3) is 2.78. The number of aryl methyl sites for hydroxylation is 1. The van der Waals surface area contributed by atoms with E-state index in [0.717, 1.165) is 24.0 Å². The van der Waals surface area contributed by atoms with Gasteiger partial charge in [0.2, 0.25) is 0 Å². The number of aliphatic hydroxyl groups is 1. The number of unbranched alkanes of at least 4 members (excludes halogenated alkanes) is 1. The summed E-state index contributed by atoms with van der Waals surface area (Å²) in [5.74, 6) is -0.979. The largest absolute Gasteiger partial charge is 0.503 e. The molecule has 0 fully saturated rings. The topological polar surface area (TPSA) is 57.6 Å². The Kier molecular flexibility index (Phi) is 5.01. The SMILES string of the molecule is CCCCN1C(=O)C(O)=C(C(=O)CC)C1c1ccccc1C. The van der Waals surface area contributed by atoms with Crippen molar-refractivity contribution >= 4 is 11.7 Å². The van der Waals surface area contributed by atoms with Crippen molar-refractivity contribution in [2.75, 3.05) is 6.54 Å². The highest BCUT2D eigenvalue weighted by molar-refractivity contribution is 6.08. The minimum Gasteiger partial charge on any atom is -0.503 e. The molecule has 1 atom stereocenters. The first-order chi connectivity index (χ1) is 10.5. The van der Waals surface area contributed by atoms with Crippen LogP contribution in [-0.4, -0.2) is 28.2 Å². The summed E-state index contributed by atoms with van der Waals surface area (Å²) in [4.78, 5) is 26.3. The van der Waals surface area contributed by atoms with E-state index in [4.69, 9.17) is 0 Å². The Morgan fingerprint density at radius 3 is 2.55 bits per heavy atom. The van der Waals surface area contributed by atoms with Gasteiger partial charge in [0.05, 0.1) is 11.6 Å². The molecule has 0 spiro atoms. The zero-order valence-corrected chi connectivity index (χ0v) is 13.4. The minimum atomic E-state index is -0.465. The summed E-state index contributed by atoms with van der Waals surface area (Å²) in [5.41, 5.74) is 2.17. The van der Waals surface area contributed by atoms with Crippen LogP contribution in [-0.2, 0) is 9.59 Å². The number of aliphatic hydroxyl groups excluding tert-OH is 1. The van der Waals surface area contributed by atoms with Crippen LogP contribution in [0, 0.1) is 6.92 Å². The van der Waals surface area contributed by atoms with Gasteiger partial charge < -0.3 is 10.0 Å². The number of amides is 1. The molecule has 4 heteroatoms. The zero-order chi connectivity index (χ0) is 16.3. The van der Waals surface area contributed by atoms with E-state index in [9.17, 15) is 14.7 Å². The summed E-state index contributed by atoms with van der Waals surface area (Å²) >= 11 is 0. The molecule has 0 radical (unpaired) electrons. The molecule has 1 amide bonds. The summed E-state index contributed by atoms with van der Waals surface area (Å²) in [5, 5.41) is 10.2. The molecule has 1 unspecified atom stereocenters. The number of carbonyl (C=O) groups is 2. The number of ketones is 1. The van der Waals surface area contributed by atoms with Crippen molar-refractivity contribution in [1.29, 1.82) is 0 Å². The van der Waals surface area contributed by atoms with E-state index < -0.39 is 11.9 Å². The summed E-state index contributed by atoms with van der Waals surface area (Å²) in [6, 6.07) is 7.24. The van der Waals surface area contributed by atoms with Crippen molar-refractivity contribution in [3.8, 4) is 0 Å². The lowest BCUT2D eigenvalue weighted by molar-refractivity contribution is -0.129. The maximum atomic E-state index is 12.4. The molecule has 22 heavy (non-hydrogen) atoms. The maximum absolute atomic E-state index is 12.4. The predicted octanol–water partition coefficient (Wildman–Crippen LogP) is 3.47. The summed E-state index contributed by atoms with van der Waals surface area (Å²) in [6.07, 6.45) is 2.06. The van der Waals surface area contributed by atoms with Gasteiger partial charge in [-0.3, -0.25) is 9.59 Å². The van der Waals surface area contributed by atoms with Gasteiger partial charge in [0.25, 0.3) is 5.91 Å². The lowest BCUT2D eigenvalue weighted by atomic mass is 9.92. The Hall–Kier alpha value is -2.10. The molecule has 0 saturated heterocycles. The summed E-state index contributed by atoms with van der Waals surface area (Å²) in [7, 11) is 0. The third-order valence-electron chi connectivity index (χ3n) is 4.16. The van der Waals surface area contributed by atoms with Gasteiger partial charge in [-0.2, -0.15) is 0 Å². The van der Waals surface area contributed by atoms with Crippen molar-refractivity contribution in [3.63, 3.8) is 0 Å². The summed E-state index contributed by atoms with van der Waals surface area (Å²) in [6.45, 7) is 6.30. The van der Waals surface area contributed by atoms with Gasteiger partial charge in [0, 0.05) is 13.0 Å². The number of nitrogens with zero attached hydrogens (tertiary/aromatic N) is 1. The van der Waals surface area contributed by atoms with Crippen LogP contribution in [0.4, 0.5) is 0 Å². The smallest absolute Gasteiger partial charge is 0.290 e. The van der Waals surface area contributed by atoms with Crippen molar-refractivity contribution in [2.24, 2.45) is 0 Å². The molecule has 0 saturated carbocycles. The number of rotatable bonds is 6. The molecular formula is C18H23NO3. The highest BCUT2D eigenvalue weighted by Gasteiger charge is 2.42. The monoisotopic (exact) mass is 301 g/mol. The van der Waals surface area contributed by atoms with Crippen molar-refractivity contribution in [1.82, 2.24) is 4.90 Å². The lowest BCUT2D eigenvalue weighted by Crippen LogP contribution is -2.32. The minimum absolute atomic E-state index is 0.168. The maximum Gasteiger partial charge on any atom is 0.290 e. The molecular weight excluding hydrogens is 278 g/mol. The average Bonchev–Trinajstić information content (AvgIpc) is 2.77. The molecule has 1 aliphatic heterocycles. The van der Waals surface area contributed by atoms with Crippen LogP contribution in [0.2, 0.25) is 0 Å². The van der Waals surface area contributed by atoms with E-state index in [-0.39, 0.29) is 23.5 Å². The second-order valence-electron chi connectivity index (χ2n) is 5.65. The Bertz CT molecular complexity index is 619. The molecule has 1 N–H and O–H groups in total. The van der Waals surface area contributed by atoms with Gasteiger partial charge in [0.15, 0.2) is 11.5 Å². The molecule has 0 aliphatic carbocycles. The number of Topliss-reactive ketones (excluding diaryl/α,β-unsaturated/α-hetero) is 1. The molecule has 118 valence electrons. The van der Waals surface area contributed by atoms with Crippen molar-refractivity contribution in [2.45, 2.75) is 46.1 Å². The fourth-order valence-electron chi connectivity index (χ4n) is 2.90. The van der Waals surface area contributed by atoms with Crippen LogP contribution >= 0.6 is 0 Å². The standard InChI is InChI=1S/C18H23NO3/c1-4-6-11-19-16(13-10-8-7-9-12(13)3)15(14(20)5-2)17(21)18(19)22/h7-10,16,21H,4-6,11H2,1-3H3. The Labute approximate surface area is 131 Å². The first-order valence-corrected chi connectivity index (χ1v) is 7.85. The van der Waals surface area contributed by atoms with E-state index >= 15 is 0 Å². The fraction of sp³-hybridized carbons (Fsp3) is 0.444. The highest BCUT2D eigenvalue weighted by Crippen LogP contribution is 2.39. The molecule has 1 aromatic rings. The van der Waals surface area contributed by atoms with Crippen LogP contribution in [0.1, 0.15) is 50.3 Å². The van der Waals surface area contributed by atoms with Crippen LogP contribution in [0.25, 0.3) is 0 Å². The van der Waals surface area contributed by atoms with Crippen LogP contribution in [0.15, 0.2) is 35.6 Å². The number of hydrogen-bond acceptors (Lipinski definition) is 3. The van der Waals surface area contributed by atoms with Gasteiger partial charge in [-0.15, -0.1) is 0 Å². The molecule has 0 bridgehead atoms.